The van der Waals surface area contributed by atoms with Gasteiger partial charge in [-0.25, -0.2) is 4.98 Å². The van der Waals surface area contributed by atoms with Gasteiger partial charge in [0.05, 0.1) is 12.0 Å². The van der Waals surface area contributed by atoms with Gasteiger partial charge in [-0.05, 0) is 13.3 Å². The zero-order chi connectivity index (χ0) is 15.2. The third-order valence-electron chi connectivity index (χ3n) is 3.28. The molecular weight excluding hydrogens is 266 g/mol. The van der Waals surface area contributed by atoms with Gasteiger partial charge in [-0.3, -0.25) is 14.2 Å². The fourth-order valence-corrected chi connectivity index (χ4v) is 1.89. The summed E-state index contributed by atoms with van der Waals surface area (Å²) in [5.41, 5.74) is 1.26. The molecule has 0 fully saturated rings. The minimum absolute atomic E-state index is 0.00869. The summed E-state index contributed by atoms with van der Waals surface area (Å²) in [5, 5.41) is 2.83. The largest absolute Gasteiger partial charge is 0.352 e. The molecule has 1 N–H and O–H groups in total. The van der Waals surface area contributed by atoms with E-state index in [1.165, 1.54) is 17.0 Å². The molecule has 0 spiro atoms. The lowest BCUT2D eigenvalue weighted by Crippen LogP contribution is -2.37. The molecule has 0 aliphatic rings. The van der Waals surface area contributed by atoms with E-state index >= 15 is 0 Å². The van der Waals surface area contributed by atoms with E-state index in [1.54, 1.807) is 0 Å². The average molecular weight is 285 g/mol. The van der Waals surface area contributed by atoms with E-state index in [9.17, 15) is 9.59 Å². The molecular formula is C16H19N3O2. The summed E-state index contributed by atoms with van der Waals surface area (Å²) in [5.74, 6) is -0.180. The summed E-state index contributed by atoms with van der Waals surface area (Å²) in [6.07, 6.45) is 2.27. The van der Waals surface area contributed by atoms with Crippen molar-refractivity contribution in [2.45, 2.75) is 32.9 Å². The van der Waals surface area contributed by atoms with Crippen LogP contribution in [0.4, 0.5) is 0 Å². The number of carbonyl (C=O) groups is 1. The summed E-state index contributed by atoms with van der Waals surface area (Å²) in [6, 6.07) is 11.0. The predicted octanol–water partition coefficient (Wildman–Crippen LogP) is 1.82. The quantitative estimate of drug-likeness (QED) is 0.911. The Bertz CT molecular complexity index is 665. The number of carbonyl (C=O) groups excluding carboxylic acids is 1. The highest BCUT2D eigenvalue weighted by Gasteiger charge is 2.08. The summed E-state index contributed by atoms with van der Waals surface area (Å²) in [4.78, 5) is 28.1. The number of amides is 1. The van der Waals surface area contributed by atoms with E-state index in [0.29, 0.717) is 5.69 Å². The van der Waals surface area contributed by atoms with Gasteiger partial charge in [-0.1, -0.05) is 37.3 Å². The van der Waals surface area contributed by atoms with Crippen LogP contribution < -0.4 is 10.9 Å². The molecule has 5 nitrogen and oxygen atoms in total. The molecule has 5 heteroatoms. The third kappa shape index (κ3) is 4.02. The lowest BCUT2D eigenvalue weighted by atomic mass is 10.1. The molecule has 0 aliphatic heterocycles. The van der Waals surface area contributed by atoms with E-state index in [1.807, 2.05) is 44.2 Å². The third-order valence-corrected chi connectivity index (χ3v) is 3.28. The summed E-state index contributed by atoms with van der Waals surface area (Å²) in [7, 11) is 0. The Hall–Kier alpha value is -2.43. The monoisotopic (exact) mass is 285 g/mol. The van der Waals surface area contributed by atoms with Crippen LogP contribution >= 0.6 is 0 Å². The first-order chi connectivity index (χ1) is 10.1. The molecule has 110 valence electrons. The number of aromatic nitrogens is 2. The highest BCUT2D eigenvalue weighted by atomic mass is 16.2. The number of rotatable bonds is 5. The molecule has 1 aromatic heterocycles. The SMILES string of the molecule is CC[C@H](C)NC(=O)Cn1cnc(-c2ccccc2)cc1=O. The first-order valence-corrected chi connectivity index (χ1v) is 7.01. The summed E-state index contributed by atoms with van der Waals surface area (Å²) in [6.45, 7) is 3.91. The van der Waals surface area contributed by atoms with E-state index in [4.69, 9.17) is 0 Å². The van der Waals surface area contributed by atoms with Gasteiger partial charge in [-0.2, -0.15) is 0 Å². The van der Waals surface area contributed by atoms with Gasteiger partial charge in [0.15, 0.2) is 0 Å². The van der Waals surface area contributed by atoms with Crippen LogP contribution in [-0.2, 0) is 11.3 Å². The van der Waals surface area contributed by atoms with Crippen molar-refractivity contribution in [3.8, 4) is 11.3 Å². The molecule has 21 heavy (non-hydrogen) atoms. The van der Waals surface area contributed by atoms with E-state index in [-0.39, 0.29) is 24.1 Å². The second-order valence-corrected chi connectivity index (χ2v) is 4.98. The van der Waals surface area contributed by atoms with Gasteiger partial charge in [0.1, 0.15) is 6.54 Å². The molecule has 1 atom stereocenters. The van der Waals surface area contributed by atoms with Gasteiger partial charge in [0.2, 0.25) is 5.91 Å². The maximum atomic E-state index is 12.0. The maximum Gasteiger partial charge on any atom is 0.254 e. The van der Waals surface area contributed by atoms with Crippen LogP contribution in [0, 0.1) is 0 Å². The normalized spacial score (nSPS) is 11.9. The van der Waals surface area contributed by atoms with Crippen LogP contribution in [0.5, 0.6) is 0 Å². The Labute approximate surface area is 123 Å². The average Bonchev–Trinajstić information content (AvgIpc) is 2.50. The van der Waals surface area contributed by atoms with Gasteiger partial charge in [0.25, 0.3) is 5.56 Å². The molecule has 0 saturated carbocycles. The summed E-state index contributed by atoms with van der Waals surface area (Å²) < 4.78 is 1.31. The second kappa shape index (κ2) is 6.83. The van der Waals surface area contributed by atoms with Crippen molar-refractivity contribution in [3.05, 3.63) is 53.1 Å². The molecule has 2 aromatic rings. The molecule has 0 aliphatic carbocycles. The van der Waals surface area contributed by atoms with Crippen LogP contribution in [0.2, 0.25) is 0 Å². The van der Waals surface area contributed by atoms with Crippen molar-refractivity contribution in [2.24, 2.45) is 0 Å². The minimum atomic E-state index is -0.233. The Morgan fingerprint density at radius 2 is 2.05 bits per heavy atom. The zero-order valence-corrected chi connectivity index (χ0v) is 12.2. The van der Waals surface area contributed by atoms with E-state index in [2.05, 4.69) is 10.3 Å². The van der Waals surface area contributed by atoms with Gasteiger partial charge >= 0.3 is 0 Å². The highest BCUT2D eigenvalue weighted by Crippen LogP contribution is 2.13. The van der Waals surface area contributed by atoms with Crippen LogP contribution in [-0.4, -0.2) is 21.5 Å². The first-order valence-electron chi connectivity index (χ1n) is 7.01. The minimum Gasteiger partial charge on any atom is -0.352 e. The number of nitrogens with zero attached hydrogens (tertiary/aromatic N) is 2. The van der Waals surface area contributed by atoms with Crippen molar-refractivity contribution in [1.29, 1.82) is 0 Å². The highest BCUT2D eigenvalue weighted by molar-refractivity contribution is 5.76. The van der Waals surface area contributed by atoms with Crippen LogP contribution in [0.3, 0.4) is 0 Å². The van der Waals surface area contributed by atoms with Crippen LogP contribution in [0.25, 0.3) is 11.3 Å². The number of benzene rings is 1. The first kappa shape index (κ1) is 15.0. The smallest absolute Gasteiger partial charge is 0.254 e. The predicted molar refractivity (Wildman–Crippen MR) is 81.8 cm³/mol. The molecule has 0 saturated heterocycles. The Kier molecular flexibility index (Phi) is 4.87. The van der Waals surface area contributed by atoms with Gasteiger partial charge in [-0.15, -0.1) is 0 Å². The molecule has 1 aromatic carbocycles. The number of hydrogen-bond donors (Lipinski definition) is 1. The van der Waals surface area contributed by atoms with E-state index < -0.39 is 0 Å². The lowest BCUT2D eigenvalue weighted by molar-refractivity contribution is -0.122. The van der Waals surface area contributed by atoms with Crippen LogP contribution in [0.15, 0.2) is 47.5 Å². The molecule has 0 unspecified atom stereocenters. The molecule has 1 amide bonds. The molecule has 1 heterocycles. The van der Waals surface area contributed by atoms with Crippen LogP contribution in [0.1, 0.15) is 20.3 Å². The number of nitrogens with one attached hydrogen (secondary N) is 1. The fourth-order valence-electron chi connectivity index (χ4n) is 1.89. The standard InChI is InChI=1S/C16H19N3O2/c1-3-12(2)18-15(20)10-19-11-17-14(9-16(19)21)13-7-5-4-6-8-13/h4-9,11-12H,3,10H2,1-2H3,(H,18,20)/t12-/m0/s1. The molecule has 2 rings (SSSR count). The molecule has 0 radical (unpaired) electrons. The van der Waals surface area contributed by atoms with E-state index in [0.717, 1.165) is 12.0 Å². The Morgan fingerprint density at radius 3 is 2.67 bits per heavy atom. The topological polar surface area (TPSA) is 64.0 Å². The maximum absolute atomic E-state index is 12.0. The lowest BCUT2D eigenvalue weighted by Gasteiger charge is -2.12. The fraction of sp³-hybridized carbons (Fsp3) is 0.312. The van der Waals surface area contributed by atoms with Gasteiger partial charge < -0.3 is 5.32 Å². The van der Waals surface area contributed by atoms with Gasteiger partial charge in [0, 0.05) is 17.7 Å². The van der Waals surface area contributed by atoms with Crippen molar-refractivity contribution < 1.29 is 4.79 Å². The van der Waals surface area contributed by atoms with Crippen molar-refractivity contribution in [3.63, 3.8) is 0 Å². The Morgan fingerprint density at radius 1 is 1.33 bits per heavy atom. The molecule has 0 bridgehead atoms. The zero-order valence-electron chi connectivity index (χ0n) is 12.2. The van der Waals surface area contributed by atoms with Crippen molar-refractivity contribution in [2.75, 3.05) is 0 Å². The van der Waals surface area contributed by atoms with Crippen molar-refractivity contribution >= 4 is 5.91 Å². The summed E-state index contributed by atoms with van der Waals surface area (Å²) >= 11 is 0. The second-order valence-electron chi connectivity index (χ2n) is 4.98. The Balaban J connectivity index is 2.13. The van der Waals surface area contributed by atoms with Crippen molar-refractivity contribution in [1.82, 2.24) is 14.9 Å². The number of hydrogen-bond acceptors (Lipinski definition) is 3.